The van der Waals surface area contributed by atoms with Gasteiger partial charge in [0.05, 0.1) is 31.5 Å². The fraction of sp³-hybridized carbons (Fsp3) is 0.0891. The molecule has 0 spiro atoms. The average Bonchev–Trinajstić information content (AvgIpc) is 1.64. The highest BCUT2D eigenvalue weighted by molar-refractivity contribution is 7.24. The van der Waals surface area contributed by atoms with Gasteiger partial charge in [-0.25, -0.2) is 14.3 Å². The van der Waals surface area contributed by atoms with E-state index in [1.54, 1.807) is 189 Å². The van der Waals surface area contributed by atoms with Gasteiger partial charge in [-0.1, -0.05) is 85.8 Å². The van der Waals surface area contributed by atoms with Crippen molar-refractivity contribution in [2.24, 2.45) is 0 Å². The van der Waals surface area contributed by atoms with Crippen molar-refractivity contribution in [2.45, 2.75) is 39.0 Å². The lowest BCUT2D eigenvalue weighted by atomic mass is 10.1. The van der Waals surface area contributed by atoms with Gasteiger partial charge in [-0.2, -0.15) is 26.3 Å². The molecule has 0 aliphatic heterocycles. The molecule has 16 rings (SSSR count). The van der Waals surface area contributed by atoms with Crippen LogP contribution in [0.15, 0.2) is 285 Å². The van der Waals surface area contributed by atoms with Gasteiger partial charge >= 0.3 is 12.4 Å². The number of nitrogens with one attached hydrogen (secondary N) is 4. The molecule has 0 saturated heterocycles. The lowest BCUT2D eigenvalue weighted by molar-refractivity contribution is -0.138. The van der Waals surface area contributed by atoms with Crippen LogP contribution in [0.1, 0.15) is 53.1 Å². The van der Waals surface area contributed by atoms with E-state index >= 15 is 0 Å². The topological polar surface area (TPSA) is 275 Å². The predicted molar refractivity (Wildman–Crippen MR) is 500 cm³/mol. The van der Waals surface area contributed by atoms with E-state index in [2.05, 4.69) is 16.0 Å². The largest absolute Gasteiger partial charge is 0.508 e. The van der Waals surface area contributed by atoms with Crippen LogP contribution >= 0.6 is 45.3 Å². The molecule has 4 amide bonds. The maximum atomic E-state index is 13.6. The van der Waals surface area contributed by atoms with Gasteiger partial charge in [-0.15, -0.1) is 45.3 Å². The number of hydroxylamine groups is 1. The quantitative estimate of drug-likeness (QED) is 0.0117. The molecular formula is C101H78F8N4O14S4. The average molecular weight is 1850 g/mol. The Morgan fingerprint density at radius 2 is 0.679 bits per heavy atom. The van der Waals surface area contributed by atoms with Gasteiger partial charge in [0.15, 0.2) is 23.0 Å². The Morgan fingerprint density at radius 1 is 0.366 bits per heavy atom. The number of aromatic hydroxyl groups is 5. The molecule has 0 saturated carbocycles. The monoisotopic (exact) mass is 1850 g/mol. The maximum Gasteiger partial charge on any atom is 0.416 e. The Hall–Kier alpha value is -15.1. The predicted octanol–water partition coefficient (Wildman–Crippen LogP) is 26.5. The fourth-order valence-corrected chi connectivity index (χ4v) is 17.6. The Balaban J connectivity index is 0.000000149. The zero-order valence-corrected chi connectivity index (χ0v) is 72.6. The fourth-order valence-electron chi connectivity index (χ4n) is 12.9. The number of phenols is 5. The first kappa shape index (κ1) is 93.6. The number of aryl methyl sites for hydroxylation is 1. The van der Waals surface area contributed by atoms with Gasteiger partial charge in [0.1, 0.15) is 63.4 Å². The van der Waals surface area contributed by atoms with Crippen molar-refractivity contribution >= 4 is 134 Å². The number of hydrogen-bond acceptors (Lipinski definition) is 18. The molecule has 0 unspecified atom stereocenters. The minimum atomic E-state index is -4.42. The van der Waals surface area contributed by atoms with Gasteiger partial charge in [0, 0.05) is 84.8 Å². The van der Waals surface area contributed by atoms with Gasteiger partial charge in [-0.3, -0.25) is 24.4 Å². The molecule has 10 N–H and O–H groups in total. The second-order valence-electron chi connectivity index (χ2n) is 28.9. The Morgan fingerprint density at radius 3 is 1.02 bits per heavy atom. The summed E-state index contributed by atoms with van der Waals surface area (Å²) < 4.78 is 131. The normalized spacial score (nSPS) is 11.5. The van der Waals surface area contributed by atoms with Gasteiger partial charge < -0.3 is 60.4 Å². The van der Waals surface area contributed by atoms with Crippen LogP contribution in [-0.2, 0) is 25.4 Å². The number of amides is 4. The molecule has 0 aliphatic rings. The molecule has 0 fully saturated rings. The third-order valence-corrected chi connectivity index (χ3v) is 24.1. The van der Waals surface area contributed by atoms with Gasteiger partial charge in [-0.05, 0) is 270 Å². The van der Waals surface area contributed by atoms with E-state index in [1.807, 2.05) is 56.3 Å². The van der Waals surface area contributed by atoms with Crippen LogP contribution in [0.2, 0.25) is 0 Å². The first-order valence-corrected chi connectivity index (χ1v) is 43.3. The number of halogens is 8. The number of thiophene rings is 4. The van der Waals surface area contributed by atoms with E-state index in [4.69, 9.17) is 24.2 Å². The molecule has 666 valence electrons. The highest BCUT2D eigenvalue weighted by Gasteiger charge is 2.31. The number of carbonyl (C=O) groups excluding carboxylic acids is 4. The van der Waals surface area contributed by atoms with Crippen LogP contribution in [-0.4, -0.2) is 80.7 Å². The number of hydrogen-bond donors (Lipinski definition) is 10. The summed E-state index contributed by atoms with van der Waals surface area (Å²) >= 11 is 5.70. The first-order chi connectivity index (χ1) is 62.9. The number of fused-ring (bicyclic) bond motifs is 4. The molecule has 4 heterocycles. The zero-order chi connectivity index (χ0) is 93.0. The Bertz CT molecular complexity index is 6890. The van der Waals surface area contributed by atoms with Crippen LogP contribution < -0.4 is 40.4 Å². The minimum absolute atomic E-state index is 0.0847. The molecule has 12 aromatic carbocycles. The van der Waals surface area contributed by atoms with Crippen LogP contribution in [0.3, 0.4) is 0 Å². The van der Waals surface area contributed by atoms with E-state index in [0.717, 1.165) is 119 Å². The van der Waals surface area contributed by atoms with Crippen LogP contribution in [0.5, 0.6) is 74.7 Å². The molecule has 30 heteroatoms. The second kappa shape index (κ2) is 42.7. The van der Waals surface area contributed by atoms with E-state index < -0.39 is 42.7 Å². The van der Waals surface area contributed by atoms with Crippen LogP contribution in [0.4, 0.5) is 35.1 Å². The third-order valence-electron chi connectivity index (χ3n) is 19.4. The minimum Gasteiger partial charge on any atom is -0.508 e. The summed E-state index contributed by atoms with van der Waals surface area (Å²) in [7, 11) is 1.54. The highest BCUT2D eigenvalue weighted by Crippen LogP contribution is 2.53. The molecule has 4 aromatic heterocycles. The van der Waals surface area contributed by atoms with Crippen molar-refractivity contribution < 1.29 is 104 Å². The summed E-state index contributed by atoms with van der Waals surface area (Å²) in [6, 6.07) is 70.9. The standard InChI is InChI=1S/C26H19F4NO3S.C26H23NO4S.C25H18F3NO3S.C24H18FNO4S/c27-18-6-4-17(5-7-18)25-24(21-11-8-19(32)15-22(21)35-25)34-20-9-1-16(2-10-20)3-12-23(33)31-14-13-26(28,29)30;1-2-15-27-24(30)14-5-17-3-11-21(12-4-17)31-25-22-13-10-20(29)16-23(22)32-26(25)18-6-8-19(28)9-7-18;1-29-22(31)13-4-15-2-10-19(11-3-15)32-23-20-12-9-18(30)14-21(20)33-24(23)16-5-7-17(8-6-16)25(26,27)28;1-14-12-16(25)5-9-19(14)24-23(20-10-6-17(27)13-21(20)31-24)30-18-7-2-15(3-8-18)4-11-22(28)26-29/h1-12,15,32H,13-14H2,(H,31,33);3-14,16,28-29H,2,15H2,1H3,(H,27,30);2-14,30H,1H3,(H,29,31);2-13,27,29H,1H3,(H,26,28)/b12-3+;14-5+;13-4+;11-4+. The van der Waals surface area contributed by atoms with Crippen molar-refractivity contribution in [1.29, 1.82) is 0 Å². The molecular weight excluding hydrogens is 1770 g/mol. The Labute approximate surface area is 760 Å². The number of benzene rings is 12. The molecule has 0 aliphatic carbocycles. The zero-order valence-electron chi connectivity index (χ0n) is 69.4. The van der Waals surface area contributed by atoms with Gasteiger partial charge in [0.25, 0.3) is 5.91 Å². The molecule has 131 heavy (non-hydrogen) atoms. The number of ether oxygens (including phenoxy) is 4. The summed E-state index contributed by atoms with van der Waals surface area (Å²) in [5, 5.41) is 68.4. The molecule has 16 aromatic rings. The molecule has 18 nitrogen and oxygen atoms in total. The SMILES string of the molecule is CCCNC(=O)/C=C/c1ccc(Oc2c(-c3ccc(O)cc3)sc3cc(O)ccc23)cc1.CNC(=O)/C=C/c1ccc(Oc2c(-c3ccc(C(F)(F)F)cc3)sc3cc(O)ccc23)cc1.Cc1cc(F)ccc1-c1sc2cc(O)ccc2c1Oc1ccc(/C=C/C(=O)NO)cc1.O=C(/C=C/c1ccc(Oc2c(-c3ccc(F)cc3)sc3cc(O)ccc23)cc1)NCCC(F)(F)F. The number of carbonyl (C=O) groups is 4. The highest BCUT2D eigenvalue weighted by atomic mass is 32.1. The van der Waals surface area contributed by atoms with Crippen molar-refractivity contribution in [3.05, 3.63) is 330 Å². The van der Waals surface area contributed by atoms with E-state index in [-0.39, 0.29) is 52.2 Å². The summed E-state index contributed by atoms with van der Waals surface area (Å²) in [5.41, 5.74) is 7.79. The Kier molecular flexibility index (Phi) is 30.5. The number of rotatable bonds is 24. The molecule has 0 radical (unpaired) electrons. The van der Waals surface area contributed by atoms with E-state index in [1.165, 1.54) is 118 Å². The van der Waals surface area contributed by atoms with Gasteiger partial charge in [0.2, 0.25) is 17.7 Å². The van der Waals surface area contributed by atoms with Crippen molar-refractivity contribution in [3.8, 4) is 117 Å². The van der Waals surface area contributed by atoms with Crippen molar-refractivity contribution in [3.63, 3.8) is 0 Å². The van der Waals surface area contributed by atoms with Crippen LogP contribution in [0.25, 0.3) is 106 Å². The smallest absolute Gasteiger partial charge is 0.416 e. The van der Waals surface area contributed by atoms with E-state index in [0.29, 0.717) is 68.5 Å². The second-order valence-corrected chi connectivity index (χ2v) is 33.1. The number of phenolic OH excluding ortho intramolecular Hbond substituents is 5. The molecule has 0 bridgehead atoms. The van der Waals surface area contributed by atoms with Crippen molar-refractivity contribution in [1.82, 2.24) is 21.4 Å². The lowest BCUT2D eigenvalue weighted by Crippen LogP contribution is -2.26. The van der Waals surface area contributed by atoms with E-state index in [9.17, 15) is 79.8 Å². The summed E-state index contributed by atoms with van der Waals surface area (Å²) in [5.74, 6) is 3.16. The maximum absolute atomic E-state index is 13.6. The number of alkyl halides is 6. The summed E-state index contributed by atoms with van der Waals surface area (Å²) in [4.78, 5) is 49.1. The third kappa shape index (κ3) is 25.2. The summed E-state index contributed by atoms with van der Waals surface area (Å²) in [6.45, 7) is 4.02. The molecule has 0 atom stereocenters. The van der Waals surface area contributed by atoms with Crippen molar-refractivity contribution in [2.75, 3.05) is 20.1 Å². The van der Waals surface area contributed by atoms with Crippen LogP contribution in [0, 0.1) is 18.6 Å². The summed E-state index contributed by atoms with van der Waals surface area (Å²) in [6.07, 6.45) is 2.86. The number of likely N-dealkylation sites (N-methyl/N-ethyl adjacent to an activating group) is 1. The lowest BCUT2D eigenvalue weighted by Gasteiger charge is -2.10. The first-order valence-electron chi connectivity index (χ1n) is 40.0.